The zero-order chi connectivity index (χ0) is 19.2. The van der Waals surface area contributed by atoms with Crippen LogP contribution in [0.1, 0.15) is 0 Å². The highest BCUT2D eigenvalue weighted by Crippen LogP contribution is 2.55. The lowest BCUT2D eigenvalue weighted by molar-refractivity contribution is -0.00000632. The third-order valence-electron chi connectivity index (χ3n) is 4.83. The monoisotopic (exact) mass is 422 g/mol. The molecule has 0 aliphatic rings. The molecule has 1 nitrogen and oxygen atoms in total. The molecule has 0 saturated carbocycles. The Bertz CT molecular complexity index is 912. The molecule has 0 atom stereocenters. The summed E-state index contributed by atoms with van der Waals surface area (Å²) in [5, 5.41) is 3.78. The van der Waals surface area contributed by atoms with Gasteiger partial charge in [-0.1, -0.05) is 54.6 Å². The standard InChI is InChI=1S/C25H21FOP.ClH/c26-21-16-18-22(19-17-21)27-20-28(23-10-4-1-5-11-23,24-12-6-2-7-13-24)25-14-8-3-9-15-25;/h1-19H,20H2;1H/q+1;/p-1. The summed E-state index contributed by atoms with van der Waals surface area (Å²) in [4.78, 5) is 0. The van der Waals surface area contributed by atoms with Crippen molar-refractivity contribution in [3.8, 4) is 5.75 Å². The van der Waals surface area contributed by atoms with Crippen LogP contribution in [0.3, 0.4) is 0 Å². The highest BCUT2D eigenvalue weighted by Gasteiger charge is 2.46. The van der Waals surface area contributed by atoms with Gasteiger partial charge in [-0.05, 0) is 60.7 Å². The Morgan fingerprint density at radius 1 is 0.552 bits per heavy atom. The number of hydrogen-bond acceptors (Lipinski definition) is 1. The summed E-state index contributed by atoms with van der Waals surface area (Å²) in [7, 11) is -2.05. The van der Waals surface area contributed by atoms with Gasteiger partial charge in [0, 0.05) is 0 Å². The van der Waals surface area contributed by atoms with E-state index in [9.17, 15) is 4.39 Å². The molecule has 0 aliphatic heterocycles. The van der Waals surface area contributed by atoms with E-state index in [0.29, 0.717) is 12.1 Å². The lowest BCUT2D eigenvalue weighted by Crippen LogP contribution is -3.00. The van der Waals surface area contributed by atoms with Gasteiger partial charge in [-0.15, -0.1) is 0 Å². The Kier molecular flexibility index (Phi) is 7.04. The quantitative estimate of drug-likeness (QED) is 0.433. The lowest BCUT2D eigenvalue weighted by atomic mass is 10.3. The van der Waals surface area contributed by atoms with E-state index in [-0.39, 0.29) is 18.2 Å². The Hall–Kier alpha value is -2.67. The van der Waals surface area contributed by atoms with Gasteiger partial charge in [-0.3, -0.25) is 0 Å². The van der Waals surface area contributed by atoms with E-state index in [4.69, 9.17) is 4.74 Å². The molecule has 0 unspecified atom stereocenters. The molecule has 0 radical (unpaired) electrons. The van der Waals surface area contributed by atoms with E-state index in [1.807, 2.05) is 18.2 Å². The molecule has 4 aromatic carbocycles. The van der Waals surface area contributed by atoms with Crippen LogP contribution in [0.5, 0.6) is 5.75 Å². The van der Waals surface area contributed by atoms with Crippen LogP contribution < -0.4 is 33.1 Å². The van der Waals surface area contributed by atoms with Gasteiger partial charge < -0.3 is 17.1 Å². The topological polar surface area (TPSA) is 9.23 Å². The van der Waals surface area contributed by atoms with Crippen LogP contribution in [0.15, 0.2) is 115 Å². The van der Waals surface area contributed by atoms with E-state index in [0.717, 1.165) is 0 Å². The van der Waals surface area contributed by atoms with Crippen LogP contribution in [0.4, 0.5) is 4.39 Å². The number of ether oxygens (including phenoxy) is 1. The Labute approximate surface area is 177 Å². The minimum Gasteiger partial charge on any atom is -1.00 e. The maximum Gasteiger partial charge on any atom is 0.210 e. The molecule has 4 rings (SSSR count). The van der Waals surface area contributed by atoms with Crippen molar-refractivity contribution in [2.45, 2.75) is 0 Å². The second-order valence-electron chi connectivity index (χ2n) is 6.54. The summed E-state index contributed by atoms with van der Waals surface area (Å²) in [6, 6.07) is 37.9. The predicted molar refractivity (Wildman–Crippen MR) is 117 cm³/mol. The highest BCUT2D eigenvalue weighted by molar-refractivity contribution is 7.95. The van der Waals surface area contributed by atoms with Crippen molar-refractivity contribution in [2.75, 3.05) is 6.35 Å². The third kappa shape index (κ3) is 4.50. The van der Waals surface area contributed by atoms with Crippen LogP contribution >= 0.6 is 7.26 Å². The van der Waals surface area contributed by atoms with Crippen LogP contribution in [0, 0.1) is 5.82 Å². The first kappa shape index (κ1) is 21.0. The molecule has 0 heterocycles. The second-order valence-corrected chi connectivity index (χ2v) is 9.97. The van der Waals surface area contributed by atoms with Gasteiger partial charge in [0.1, 0.15) is 27.5 Å². The minimum atomic E-state index is -2.05. The van der Waals surface area contributed by atoms with E-state index in [2.05, 4.69) is 72.8 Å². The molecular weight excluding hydrogens is 402 g/mol. The van der Waals surface area contributed by atoms with E-state index < -0.39 is 7.26 Å². The summed E-state index contributed by atoms with van der Waals surface area (Å²) in [5.74, 6) is 0.413. The summed E-state index contributed by atoms with van der Waals surface area (Å²) < 4.78 is 19.6. The molecule has 4 heteroatoms. The first-order chi connectivity index (χ1) is 13.8. The van der Waals surface area contributed by atoms with Crippen LogP contribution in [-0.4, -0.2) is 6.35 Å². The molecule has 0 bridgehead atoms. The molecule has 146 valence electrons. The van der Waals surface area contributed by atoms with Gasteiger partial charge in [-0.25, -0.2) is 4.39 Å². The fraction of sp³-hybridized carbons (Fsp3) is 0.0400. The largest absolute Gasteiger partial charge is 1.00 e. The summed E-state index contributed by atoms with van der Waals surface area (Å²) in [6.07, 6.45) is 0.511. The van der Waals surface area contributed by atoms with E-state index in [1.165, 1.54) is 28.0 Å². The molecule has 0 aliphatic carbocycles. The van der Waals surface area contributed by atoms with E-state index in [1.54, 1.807) is 12.1 Å². The third-order valence-corrected chi connectivity index (χ3v) is 8.88. The Balaban J connectivity index is 0.00000240. The average Bonchev–Trinajstić information content (AvgIpc) is 2.78. The second kappa shape index (κ2) is 9.69. The lowest BCUT2D eigenvalue weighted by Gasteiger charge is -2.27. The van der Waals surface area contributed by atoms with Crippen molar-refractivity contribution in [2.24, 2.45) is 0 Å². The summed E-state index contributed by atoms with van der Waals surface area (Å²) >= 11 is 0. The Morgan fingerprint density at radius 3 is 1.31 bits per heavy atom. The number of benzene rings is 4. The zero-order valence-electron chi connectivity index (χ0n) is 15.8. The number of hydrogen-bond donors (Lipinski definition) is 0. The SMILES string of the molecule is Fc1ccc(OC[P+](c2ccccc2)(c2ccccc2)c2ccccc2)cc1.[Cl-]. The zero-order valence-corrected chi connectivity index (χ0v) is 17.4. The fourth-order valence-corrected chi connectivity index (χ4v) is 7.15. The van der Waals surface area contributed by atoms with E-state index >= 15 is 0 Å². The van der Waals surface area contributed by atoms with Crippen LogP contribution in [0.2, 0.25) is 0 Å². The molecule has 0 N–H and O–H groups in total. The van der Waals surface area contributed by atoms with Crippen LogP contribution in [-0.2, 0) is 0 Å². The van der Waals surface area contributed by atoms with Crippen molar-refractivity contribution < 1.29 is 21.5 Å². The summed E-state index contributed by atoms with van der Waals surface area (Å²) in [6.45, 7) is 0. The summed E-state index contributed by atoms with van der Waals surface area (Å²) in [5.41, 5.74) is 0. The molecule has 0 fully saturated rings. The maximum absolute atomic E-state index is 13.3. The van der Waals surface area contributed by atoms with Crippen molar-refractivity contribution in [3.05, 3.63) is 121 Å². The van der Waals surface area contributed by atoms with Gasteiger partial charge >= 0.3 is 0 Å². The first-order valence-electron chi connectivity index (χ1n) is 9.22. The maximum atomic E-state index is 13.3. The molecule has 0 aromatic heterocycles. The first-order valence-corrected chi connectivity index (χ1v) is 11.2. The molecule has 0 amide bonds. The molecule has 0 saturated heterocycles. The number of halogens is 2. The molecule has 4 aromatic rings. The van der Waals surface area contributed by atoms with Gasteiger partial charge in [0.05, 0.1) is 0 Å². The smallest absolute Gasteiger partial charge is 0.210 e. The predicted octanol–water partition coefficient (Wildman–Crippen LogP) is 2.16. The molecule has 0 spiro atoms. The molecular formula is C25H21ClFOP. The number of rotatable bonds is 6. The van der Waals surface area contributed by atoms with Crippen molar-refractivity contribution in [3.63, 3.8) is 0 Å². The van der Waals surface area contributed by atoms with Gasteiger partial charge in [0.2, 0.25) is 6.35 Å². The Morgan fingerprint density at radius 2 is 0.931 bits per heavy atom. The van der Waals surface area contributed by atoms with Crippen molar-refractivity contribution in [1.29, 1.82) is 0 Å². The highest BCUT2D eigenvalue weighted by atomic mass is 35.5. The fourth-order valence-electron chi connectivity index (χ4n) is 3.42. The van der Waals surface area contributed by atoms with Crippen molar-refractivity contribution in [1.82, 2.24) is 0 Å². The van der Waals surface area contributed by atoms with Gasteiger partial charge in [0.25, 0.3) is 0 Å². The van der Waals surface area contributed by atoms with Gasteiger partial charge in [-0.2, -0.15) is 0 Å². The average molecular weight is 423 g/mol. The van der Waals surface area contributed by atoms with Crippen LogP contribution in [0.25, 0.3) is 0 Å². The molecule has 29 heavy (non-hydrogen) atoms. The minimum absolute atomic E-state index is 0. The van der Waals surface area contributed by atoms with Gasteiger partial charge in [0.15, 0.2) is 7.26 Å². The van der Waals surface area contributed by atoms with Crippen molar-refractivity contribution >= 4 is 23.2 Å². The normalized spacial score (nSPS) is 10.8.